The lowest BCUT2D eigenvalue weighted by atomic mass is 9.97. The van der Waals surface area contributed by atoms with Gasteiger partial charge in [-0.05, 0) is 42.4 Å². The van der Waals surface area contributed by atoms with Gasteiger partial charge >= 0.3 is 0 Å². The van der Waals surface area contributed by atoms with Crippen molar-refractivity contribution in [3.8, 4) is 12.1 Å². The molecule has 6 heteroatoms. The number of nitriles is 2. The summed E-state index contributed by atoms with van der Waals surface area (Å²) in [5, 5.41) is 20.8. The second kappa shape index (κ2) is 8.97. The number of hydrogen-bond donors (Lipinski definition) is 2. The van der Waals surface area contributed by atoms with Crippen LogP contribution in [0.15, 0.2) is 58.5 Å². The highest BCUT2D eigenvalue weighted by Gasteiger charge is 2.12. The van der Waals surface area contributed by atoms with Crippen molar-refractivity contribution in [2.75, 3.05) is 13.6 Å². The number of nitrogens with two attached hydrogens (primary N) is 1. The molecule has 0 bridgehead atoms. The molecule has 0 aliphatic carbocycles. The predicted octanol–water partition coefficient (Wildman–Crippen LogP) is 2.12. The van der Waals surface area contributed by atoms with E-state index in [1.165, 1.54) is 6.34 Å². The Morgan fingerprint density at radius 1 is 1.04 bits per heavy atom. The maximum atomic E-state index is 8.95. The Morgan fingerprint density at radius 2 is 1.52 bits per heavy atom. The molecule has 124 valence electrons. The van der Waals surface area contributed by atoms with Crippen molar-refractivity contribution in [3.63, 3.8) is 0 Å². The SMILES string of the molecule is CNCC(N)=NC=NC(c1ccc(C#N)cc1)c1ccc(C#N)cc1. The molecule has 0 aliphatic heterocycles. The first-order valence-electron chi connectivity index (χ1n) is 7.66. The second-order valence-electron chi connectivity index (χ2n) is 5.29. The van der Waals surface area contributed by atoms with Crippen LogP contribution in [-0.4, -0.2) is 25.8 Å². The van der Waals surface area contributed by atoms with Gasteiger partial charge in [0.2, 0.25) is 0 Å². The Kier molecular flexibility index (Phi) is 6.41. The molecule has 3 N–H and O–H groups in total. The van der Waals surface area contributed by atoms with E-state index in [9.17, 15) is 0 Å². The summed E-state index contributed by atoms with van der Waals surface area (Å²) in [6.45, 7) is 0.477. The van der Waals surface area contributed by atoms with E-state index in [2.05, 4.69) is 27.4 Å². The Hall–Kier alpha value is -3.48. The topological polar surface area (TPSA) is 110 Å². The molecule has 0 saturated heterocycles. The summed E-state index contributed by atoms with van der Waals surface area (Å²) in [6, 6.07) is 18.3. The number of hydrogen-bond acceptors (Lipinski definition) is 4. The van der Waals surface area contributed by atoms with Gasteiger partial charge in [-0.1, -0.05) is 24.3 Å². The van der Waals surface area contributed by atoms with E-state index in [1.807, 2.05) is 24.3 Å². The van der Waals surface area contributed by atoms with E-state index in [4.69, 9.17) is 16.3 Å². The Balaban J connectivity index is 2.36. The lowest BCUT2D eigenvalue weighted by Gasteiger charge is -2.13. The van der Waals surface area contributed by atoms with Gasteiger partial charge in [-0.15, -0.1) is 0 Å². The number of aliphatic imine (C=N–C) groups is 2. The minimum Gasteiger partial charge on any atom is -0.386 e. The number of amidine groups is 1. The molecule has 2 rings (SSSR count). The third-order valence-corrected chi connectivity index (χ3v) is 3.51. The maximum absolute atomic E-state index is 8.95. The van der Waals surface area contributed by atoms with Crippen molar-refractivity contribution in [2.24, 2.45) is 15.7 Å². The van der Waals surface area contributed by atoms with Crippen LogP contribution in [0, 0.1) is 22.7 Å². The molecule has 0 amide bonds. The highest BCUT2D eigenvalue weighted by molar-refractivity contribution is 5.88. The number of rotatable bonds is 6. The predicted molar refractivity (Wildman–Crippen MR) is 98.2 cm³/mol. The van der Waals surface area contributed by atoms with E-state index >= 15 is 0 Å². The van der Waals surface area contributed by atoms with Crippen molar-refractivity contribution in [3.05, 3.63) is 70.8 Å². The summed E-state index contributed by atoms with van der Waals surface area (Å²) >= 11 is 0. The van der Waals surface area contributed by atoms with Crippen molar-refractivity contribution >= 4 is 12.2 Å². The van der Waals surface area contributed by atoms with Crippen LogP contribution in [0.25, 0.3) is 0 Å². The molecule has 2 aromatic carbocycles. The third kappa shape index (κ3) is 5.00. The van der Waals surface area contributed by atoms with Gasteiger partial charge < -0.3 is 11.1 Å². The molecular formula is C19H18N6. The van der Waals surface area contributed by atoms with E-state index in [0.717, 1.165) is 11.1 Å². The maximum Gasteiger partial charge on any atom is 0.115 e. The molecule has 0 heterocycles. The van der Waals surface area contributed by atoms with Crippen molar-refractivity contribution in [1.29, 1.82) is 10.5 Å². The molecule has 0 unspecified atom stereocenters. The molecule has 25 heavy (non-hydrogen) atoms. The van der Waals surface area contributed by atoms with Crippen molar-refractivity contribution in [1.82, 2.24) is 5.32 Å². The van der Waals surface area contributed by atoms with Crippen LogP contribution in [0.5, 0.6) is 0 Å². The molecule has 0 atom stereocenters. The van der Waals surface area contributed by atoms with Gasteiger partial charge in [0.15, 0.2) is 0 Å². The quantitative estimate of drug-likeness (QED) is 0.624. The highest BCUT2D eigenvalue weighted by atomic mass is 15.0. The standard InChI is InChI=1S/C19H18N6/c1-23-12-18(22)24-13-25-19(16-6-2-14(10-20)3-7-16)17-8-4-15(11-21)5-9-17/h2-9,13,19,23H,12H2,1H3,(H2,22,24,25). The van der Waals surface area contributed by atoms with Crippen molar-refractivity contribution < 1.29 is 0 Å². The molecule has 0 aromatic heterocycles. The molecule has 6 nitrogen and oxygen atoms in total. The van der Waals surface area contributed by atoms with Crippen LogP contribution in [0.2, 0.25) is 0 Å². The van der Waals surface area contributed by atoms with E-state index in [1.54, 1.807) is 31.3 Å². The summed E-state index contributed by atoms with van der Waals surface area (Å²) in [4.78, 5) is 8.62. The third-order valence-electron chi connectivity index (χ3n) is 3.51. The first kappa shape index (κ1) is 17.9. The minimum absolute atomic E-state index is 0.299. The average molecular weight is 330 g/mol. The van der Waals surface area contributed by atoms with Crippen LogP contribution in [0.3, 0.4) is 0 Å². The summed E-state index contributed by atoms with van der Waals surface area (Å²) < 4.78 is 0. The summed E-state index contributed by atoms with van der Waals surface area (Å²) in [5.41, 5.74) is 8.76. The van der Waals surface area contributed by atoms with Gasteiger partial charge in [0.05, 0.1) is 29.8 Å². The normalized spacial score (nSPS) is 11.4. The zero-order valence-electron chi connectivity index (χ0n) is 13.8. The monoisotopic (exact) mass is 330 g/mol. The van der Waals surface area contributed by atoms with Crippen LogP contribution >= 0.6 is 0 Å². The highest BCUT2D eigenvalue weighted by Crippen LogP contribution is 2.26. The minimum atomic E-state index is -0.299. The Labute approximate surface area is 147 Å². The first-order chi connectivity index (χ1) is 12.2. The average Bonchev–Trinajstić information content (AvgIpc) is 2.66. The fourth-order valence-corrected chi connectivity index (χ4v) is 2.25. The van der Waals surface area contributed by atoms with Gasteiger partial charge in [0.25, 0.3) is 0 Å². The van der Waals surface area contributed by atoms with Crippen molar-refractivity contribution in [2.45, 2.75) is 6.04 Å². The van der Waals surface area contributed by atoms with Gasteiger partial charge in [-0.2, -0.15) is 10.5 Å². The van der Waals surface area contributed by atoms with E-state index in [0.29, 0.717) is 23.5 Å². The van der Waals surface area contributed by atoms with Crippen LogP contribution in [0.4, 0.5) is 0 Å². The fraction of sp³-hybridized carbons (Fsp3) is 0.158. The zero-order chi connectivity index (χ0) is 18.1. The van der Waals surface area contributed by atoms with E-state index < -0.39 is 0 Å². The van der Waals surface area contributed by atoms with Crippen LogP contribution < -0.4 is 11.1 Å². The lowest BCUT2D eigenvalue weighted by molar-refractivity contribution is 0.875. The summed E-state index contributed by atoms with van der Waals surface area (Å²) in [5.74, 6) is 0.435. The smallest absolute Gasteiger partial charge is 0.115 e. The number of likely N-dealkylation sites (N-methyl/N-ethyl adjacent to an activating group) is 1. The zero-order valence-corrected chi connectivity index (χ0v) is 13.8. The lowest BCUT2D eigenvalue weighted by Crippen LogP contribution is -2.26. The molecule has 2 aromatic rings. The second-order valence-corrected chi connectivity index (χ2v) is 5.29. The first-order valence-corrected chi connectivity index (χ1v) is 7.66. The van der Waals surface area contributed by atoms with Gasteiger partial charge in [-0.25, -0.2) is 4.99 Å². The summed E-state index contributed by atoms with van der Waals surface area (Å²) in [6.07, 6.45) is 1.44. The van der Waals surface area contributed by atoms with Crippen LogP contribution in [-0.2, 0) is 0 Å². The van der Waals surface area contributed by atoms with Gasteiger partial charge in [0, 0.05) is 0 Å². The van der Waals surface area contributed by atoms with Gasteiger partial charge in [0.1, 0.15) is 18.2 Å². The molecule has 0 saturated carbocycles. The number of benzene rings is 2. The molecule has 0 radical (unpaired) electrons. The molecule has 0 spiro atoms. The van der Waals surface area contributed by atoms with Crippen LogP contribution in [0.1, 0.15) is 28.3 Å². The molecular weight excluding hydrogens is 312 g/mol. The van der Waals surface area contributed by atoms with E-state index in [-0.39, 0.29) is 6.04 Å². The number of nitrogens with zero attached hydrogens (tertiary/aromatic N) is 4. The Bertz CT molecular complexity index is 778. The summed E-state index contributed by atoms with van der Waals surface area (Å²) in [7, 11) is 1.79. The number of nitrogens with one attached hydrogen (secondary N) is 1. The fourth-order valence-electron chi connectivity index (χ4n) is 2.25. The molecule has 0 fully saturated rings. The van der Waals surface area contributed by atoms with Gasteiger partial charge in [-0.3, -0.25) is 4.99 Å². The Morgan fingerprint density at radius 3 is 1.92 bits per heavy atom. The largest absolute Gasteiger partial charge is 0.386 e. The molecule has 0 aliphatic rings.